The zero-order chi connectivity index (χ0) is 106. The molecule has 5 amide bonds. The second-order valence-corrected chi connectivity index (χ2v) is 44.4. The van der Waals surface area contributed by atoms with E-state index in [1.807, 2.05) is 116 Å². The highest BCUT2D eigenvalue weighted by molar-refractivity contribution is 14.1. The number of benzene rings is 10. The molecule has 142 heavy (non-hydrogen) atoms. The molecule has 6 aliphatic rings. The highest BCUT2D eigenvalue weighted by Crippen LogP contribution is 2.36. The molecule has 0 aromatic heterocycles. The molecule has 10 aromatic carbocycles. The number of fused-ring (bicyclic) bond motifs is 3. The molecule has 22 heteroatoms. The van der Waals surface area contributed by atoms with Crippen molar-refractivity contribution in [1.29, 1.82) is 0 Å². The maximum Gasteiger partial charge on any atom is 0.416 e. The van der Waals surface area contributed by atoms with Gasteiger partial charge in [0.2, 0.25) is 10.0 Å². The summed E-state index contributed by atoms with van der Waals surface area (Å²) in [5, 5.41) is 0.810. The van der Waals surface area contributed by atoms with Crippen molar-refractivity contribution in [1.82, 2.24) is 28.8 Å². The normalized spacial score (nSPS) is 14.6. The van der Waals surface area contributed by atoms with Crippen LogP contribution in [0.1, 0.15) is 397 Å². The second kappa shape index (κ2) is 55.9. The predicted octanol–water partition coefficient (Wildman–Crippen LogP) is 32.0. The van der Waals surface area contributed by atoms with Gasteiger partial charge in [-0.25, -0.2) is 21.6 Å². The summed E-state index contributed by atoms with van der Waals surface area (Å²) >= 11 is 8.04. The van der Waals surface area contributed by atoms with Gasteiger partial charge < -0.3 is 24.5 Å². The summed E-state index contributed by atoms with van der Waals surface area (Å²) in [5.41, 5.74) is 20.8. The molecule has 0 aliphatic carbocycles. The number of amides is 5. The third-order valence-electron chi connectivity index (χ3n) is 26.1. The largest absolute Gasteiger partial charge is 0.416 e. The van der Waals surface area contributed by atoms with Crippen LogP contribution < -0.4 is 0 Å². The van der Waals surface area contributed by atoms with E-state index in [9.17, 15) is 58.7 Å². The van der Waals surface area contributed by atoms with Crippen LogP contribution in [0, 0.1) is 23.2 Å². The third kappa shape index (κ3) is 36.1. The van der Waals surface area contributed by atoms with Crippen molar-refractivity contribution in [2.24, 2.45) is 0 Å². The molecule has 0 radical (unpaired) electrons. The molecule has 0 atom stereocenters. The fourth-order valence-electron chi connectivity index (χ4n) is 16.8. The number of alkyl halides is 5. The fraction of sp³-hybridized carbons (Fsp3) is 0.458. The number of likely N-dealkylation sites (tertiary alicyclic amines) is 2. The van der Waals surface area contributed by atoms with Gasteiger partial charge in [0.05, 0.1) is 10.5 Å². The summed E-state index contributed by atoms with van der Waals surface area (Å²) < 4.78 is 103. The Morgan fingerprint density at radius 3 is 1.23 bits per heavy atom. The van der Waals surface area contributed by atoms with Crippen LogP contribution in [-0.2, 0) is 35.8 Å². The van der Waals surface area contributed by atoms with Gasteiger partial charge >= 0.3 is 6.18 Å². The van der Waals surface area contributed by atoms with Gasteiger partial charge in [-0.1, -0.05) is 272 Å². The number of carbonyl (C=O) groups is 5. The number of hydrogen-bond acceptors (Lipinski definition) is 7. The molecule has 16 rings (SSSR count). The fourth-order valence-corrected chi connectivity index (χ4v) is 18.8. The molecule has 0 saturated carbocycles. The number of hydrogen-bond donors (Lipinski definition) is 0. The number of aryl methyl sites for hydroxylation is 2. The first kappa shape index (κ1) is 119. The summed E-state index contributed by atoms with van der Waals surface area (Å²) in [5.74, 6) is 2.44. The van der Waals surface area contributed by atoms with Crippen molar-refractivity contribution in [3.8, 4) is 0 Å². The van der Waals surface area contributed by atoms with Crippen LogP contribution in [0.25, 0.3) is 0 Å². The number of halogens is 8. The van der Waals surface area contributed by atoms with Crippen molar-refractivity contribution < 1.29 is 58.7 Å². The van der Waals surface area contributed by atoms with Gasteiger partial charge in [0, 0.05) is 128 Å². The lowest BCUT2D eigenvalue weighted by Gasteiger charge is -2.31. The number of nitrogens with zero attached hydrogens (tertiary/aromatic N) is 6. The van der Waals surface area contributed by atoms with Crippen LogP contribution >= 0.6 is 34.2 Å². The Hall–Kier alpha value is -9.94. The van der Waals surface area contributed by atoms with E-state index in [-0.39, 0.29) is 67.2 Å². The van der Waals surface area contributed by atoms with E-state index < -0.39 is 27.7 Å². The first-order valence-electron chi connectivity index (χ1n) is 50.7. The molecular weight excluding hydrogens is 1950 g/mol. The zero-order valence-corrected chi connectivity index (χ0v) is 92.4. The molecule has 3 saturated heterocycles. The Kier molecular flexibility index (Phi) is 46.9. The van der Waals surface area contributed by atoms with Crippen LogP contribution in [0.2, 0.25) is 5.02 Å². The lowest BCUT2D eigenvalue weighted by atomic mass is 9.98. The van der Waals surface area contributed by atoms with Crippen molar-refractivity contribution in [3.63, 3.8) is 0 Å². The minimum atomic E-state index is -4.24. The van der Waals surface area contributed by atoms with Crippen molar-refractivity contribution in [2.75, 3.05) is 59.4 Å². The molecule has 770 valence electrons. The van der Waals surface area contributed by atoms with Gasteiger partial charge in [-0.3, -0.25) is 24.0 Å². The Morgan fingerprint density at radius 2 is 0.803 bits per heavy atom. The molecule has 13 nitrogen and oxygen atoms in total. The van der Waals surface area contributed by atoms with E-state index in [2.05, 4.69) is 251 Å². The summed E-state index contributed by atoms with van der Waals surface area (Å²) in [6.07, 6.45) is 0.565. The smallest absolute Gasteiger partial charge is 0.339 e. The van der Waals surface area contributed by atoms with E-state index in [0.717, 1.165) is 127 Å². The SMILES string of the molecule is CC(C)c1ccc(C(=O)N2CCCC2)cc1.CC(C)c1ccc(Cl)cc1.CC(C)c1ccc(I)cc1.CC(C)c1ccc(S(=O)(=O)N2CCCC2)cc1.CC(C)c1ccc2c(c1)C(=O)N(C)C2.CC(C)c1cccc(C(=O)N2CCC(F)(F)CC2)c1.CCCN1Cc2ccc(C(C)C)cc2C1=O.CCN1Cc2ccc(C(C)C)cc2C1=O.Cc1cc(C(C)C)cc(C(F)(F)F)c1.Cc1cc(F)ccc1C(C)C. The Labute approximate surface area is 865 Å². The van der Waals surface area contributed by atoms with Gasteiger partial charge in [0.15, 0.2) is 0 Å². The number of sulfonamides is 1. The standard InChI is InChI=1S/C15H19F2NO.2C14H19NO.C13H19NO2S.C13H17NO.C12H15NO.C11H13F3.C10H13F.C9H11Cl.C9H11I/c1-11(2)12-4-3-5-13(10-12)14(19)18-8-6-15(16,17)7-9-18;1-11(2)12-5-7-13(8-6-12)14(16)15-9-3-4-10-15;1-4-7-15-9-12-6-5-11(10(2)3)8-13(12)14(15)16;1-11(2)12-5-7-13(8-6-12)17(15,16)14-9-3-4-10-14;1-4-14-8-11-6-5-10(9(2)3)7-12(11)13(14)15;1-8(2)9-4-5-10-7-13(3)12(14)11(10)6-9;1-7(2)9-4-8(3)5-10(6-9)11(12,13)14;1-7(2)10-5-4-9(11)6-8(10)3;2*1-7(2)8-3-5-9(10)6-4-8/h3-5,10-11H,6-9H2,1-2H3;5-8,11H,3-4,9-10H2,1-2H3;5-6,8,10H,4,7,9H2,1-3H3;5-8,11H,3-4,9-10H2,1-2H3;5-7,9H,4,8H2,1-3H3;4-6,8H,7H2,1-3H3;4-7H,1-3H3;4-7H,1-3H3;2*3-7H,1-2H3. The zero-order valence-electron chi connectivity index (χ0n) is 88.7. The van der Waals surface area contributed by atoms with Gasteiger partial charge in [0.25, 0.3) is 35.5 Å². The van der Waals surface area contributed by atoms with Gasteiger partial charge in [-0.05, 0) is 316 Å². The maximum absolute atomic E-state index is 13.1. The molecule has 0 bridgehead atoms. The molecule has 6 aliphatic heterocycles. The Morgan fingerprint density at radius 1 is 0.415 bits per heavy atom. The van der Waals surface area contributed by atoms with Gasteiger partial charge in [-0.2, -0.15) is 17.5 Å². The summed E-state index contributed by atoms with van der Waals surface area (Å²) in [4.78, 5) is 69.5. The topological polar surface area (TPSA) is 139 Å². The van der Waals surface area contributed by atoms with Crippen LogP contribution in [0.3, 0.4) is 0 Å². The van der Waals surface area contributed by atoms with E-state index in [1.54, 1.807) is 46.5 Å². The maximum atomic E-state index is 13.1. The van der Waals surface area contributed by atoms with E-state index in [1.165, 1.54) is 82.3 Å². The minimum Gasteiger partial charge on any atom is -0.339 e. The van der Waals surface area contributed by atoms with E-state index in [0.29, 0.717) is 82.4 Å². The molecule has 10 aromatic rings. The number of piperidine rings is 1. The molecule has 0 spiro atoms. The molecule has 3 fully saturated rings. The summed E-state index contributed by atoms with van der Waals surface area (Å²) in [6, 6.07) is 67.4. The first-order chi connectivity index (χ1) is 66.7. The third-order valence-corrected chi connectivity index (χ3v) is 29.0. The Bertz CT molecular complexity index is 5770. The highest BCUT2D eigenvalue weighted by Gasteiger charge is 2.37. The monoisotopic (exact) mass is 2100 g/mol. The van der Waals surface area contributed by atoms with Crippen LogP contribution in [-0.4, -0.2) is 132 Å². The first-order valence-corrected chi connectivity index (χ1v) is 53.6. The summed E-state index contributed by atoms with van der Waals surface area (Å²) in [7, 11) is -1.40. The van der Waals surface area contributed by atoms with Gasteiger partial charge in [-0.15, -0.1) is 0 Å². The lowest BCUT2D eigenvalue weighted by molar-refractivity contribution is -0.137. The molecule has 6 heterocycles. The lowest BCUT2D eigenvalue weighted by Crippen LogP contribution is -2.42. The molecule has 0 unspecified atom stereocenters. The van der Waals surface area contributed by atoms with Crippen LogP contribution in [0.5, 0.6) is 0 Å². The van der Waals surface area contributed by atoms with Crippen molar-refractivity contribution in [3.05, 3.63) is 344 Å². The van der Waals surface area contributed by atoms with E-state index >= 15 is 0 Å². The van der Waals surface area contributed by atoms with Gasteiger partial charge in [0.1, 0.15) is 5.82 Å². The van der Waals surface area contributed by atoms with E-state index in [4.69, 9.17) is 11.6 Å². The Balaban J connectivity index is 0.000000215. The molecular formula is C120H156ClF6IN6O7S. The van der Waals surface area contributed by atoms with Crippen molar-refractivity contribution >= 4 is 73.8 Å². The second-order valence-electron chi connectivity index (χ2n) is 40.8. The van der Waals surface area contributed by atoms with Crippen molar-refractivity contribution in [2.45, 2.75) is 307 Å². The minimum absolute atomic E-state index is 0.121. The van der Waals surface area contributed by atoms with Crippen LogP contribution in [0.15, 0.2) is 217 Å². The predicted molar refractivity (Wildman–Crippen MR) is 582 cm³/mol. The molecule has 0 N–H and O–H groups in total. The number of carbonyl (C=O) groups excluding carboxylic acids is 5. The highest BCUT2D eigenvalue weighted by atomic mass is 127. The average Bonchev–Trinajstić information content (AvgIpc) is 1.68. The van der Waals surface area contributed by atoms with Crippen LogP contribution in [0.4, 0.5) is 26.3 Å². The quantitative estimate of drug-likeness (QED) is 0.0653. The average molecular weight is 2100 g/mol. The summed E-state index contributed by atoms with van der Waals surface area (Å²) in [6.45, 7) is 57.5. The number of rotatable bonds is 17.